The monoisotopic (exact) mass is 406 g/mol. The second-order valence-corrected chi connectivity index (χ2v) is 7.40. The van der Waals surface area contributed by atoms with Crippen LogP contribution in [-0.4, -0.2) is 27.7 Å². The summed E-state index contributed by atoms with van der Waals surface area (Å²) in [6.07, 6.45) is 0. The lowest BCUT2D eigenvalue weighted by atomic mass is 10.0. The van der Waals surface area contributed by atoms with Gasteiger partial charge in [-0.25, -0.2) is 9.78 Å². The van der Waals surface area contributed by atoms with Crippen LogP contribution in [0.3, 0.4) is 0 Å². The minimum Gasteiger partial charge on any atom is -0.497 e. The van der Waals surface area contributed by atoms with Gasteiger partial charge in [0.15, 0.2) is 6.04 Å². The lowest BCUT2D eigenvalue weighted by Gasteiger charge is -2.18. The number of aliphatic carboxylic acids is 1. The Labute approximate surface area is 170 Å². The number of ether oxygens (including phenoxy) is 1. The van der Waals surface area contributed by atoms with Crippen LogP contribution in [0.1, 0.15) is 17.4 Å². The summed E-state index contributed by atoms with van der Waals surface area (Å²) in [6, 6.07) is 15.0. The first-order chi connectivity index (χ1) is 14.0. The molecule has 1 atom stereocenters. The van der Waals surface area contributed by atoms with Crippen molar-refractivity contribution in [2.24, 2.45) is 0 Å². The van der Waals surface area contributed by atoms with Crippen LogP contribution in [0.15, 0.2) is 64.8 Å². The minimum absolute atomic E-state index is 0.363. The van der Waals surface area contributed by atoms with E-state index < -0.39 is 12.0 Å². The van der Waals surface area contributed by atoms with Gasteiger partial charge in [0.1, 0.15) is 16.4 Å². The average Bonchev–Trinajstić information content (AvgIpc) is 3.15. The molecule has 4 aromatic rings. The average molecular weight is 406 g/mol. The summed E-state index contributed by atoms with van der Waals surface area (Å²) in [4.78, 5) is 30.7. The molecule has 2 aromatic carbocycles. The van der Waals surface area contributed by atoms with Crippen molar-refractivity contribution in [3.63, 3.8) is 0 Å². The molecule has 0 saturated carbocycles. The van der Waals surface area contributed by atoms with Gasteiger partial charge in [0.05, 0.1) is 12.5 Å². The van der Waals surface area contributed by atoms with E-state index >= 15 is 0 Å². The van der Waals surface area contributed by atoms with E-state index in [-0.39, 0.29) is 5.56 Å². The normalized spacial score (nSPS) is 12.1. The fourth-order valence-electron chi connectivity index (χ4n) is 3.43. The number of hydrogen-bond donors (Lipinski definition) is 1. The second kappa shape index (κ2) is 7.52. The Hall–Kier alpha value is -3.45. The highest BCUT2D eigenvalue weighted by molar-refractivity contribution is 7.17. The molecule has 29 heavy (non-hydrogen) atoms. The van der Waals surface area contributed by atoms with Crippen molar-refractivity contribution in [2.45, 2.75) is 13.0 Å². The Bertz CT molecular complexity index is 1240. The van der Waals surface area contributed by atoms with Crippen molar-refractivity contribution in [1.82, 2.24) is 9.55 Å². The molecule has 1 N–H and O–H groups in total. The zero-order valence-electron chi connectivity index (χ0n) is 15.8. The Morgan fingerprint density at radius 3 is 2.45 bits per heavy atom. The van der Waals surface area contributed by atoms with Gasteiger partial charge in [-0.1, -0.05) is 42.5 Å². The molecule has 0 bridgehead atoms. The lowest BCUT2D eigenvalue weighted by Crippen LogP contribution is -2.33. The van der Waals surface area contributed by atoms with Crippen molar-refractivity contribution in [3.05, 3.63) is 81.7 Å². The number of carboxylic acid groups (broad SMARTS) is 1. The van der Waals surface area contributed by atoms with Gasteiger partial charge in [-0.15, -0.1) is 11.3 Å². The number of aromatic nitrogens is 2. The fourth-order valence-corrected chi connectivity index (χ4v) is 4.41. The van der Waals surface area contributed by atoms with E-state index in [1.54, 1.807) is 44.4 Å². The van der Waals surface area contributed by atoms with Crippen molar-refractivity contribution in [2.75, 3.05) is 7.11 Å². The Kier molecular flexibility index (Phi) is 4.90. The molecular formula is C22H18N2O4S. The Morgan fingerprint density at radius 1 is 1.14 bits per heavy atom. The first-order valence-corrected chi connectivity index (χ1v) is 9.81. The highest BCUT2D eigenvalue weighted by Gasteiger charge is 2.27. The molecule has 146 valence electrons. The first kappa shape index (κ1) is 18.9. The molecule has 7 heteroatoms. The van der Waals surface area contributed by atoms with E-state index in [2.05, 4.69) is 4.98 Å². The number of rotatable bonds is 5. The molecule has 0 saturated heterocycles. The summed E-state index contributed by atoms with van der Waals surface area (Å²) in [7, 11) is 1.59. The van der Waals surface area contributed by atoms with Crippen molar-refractivity contribution < 1.29 is 14.6 Å². The third kappa shape index (κ3) is 3.30. The number of carboxylic acids is 1. The van der Waals surface area contributed by atoms with E-state index in [0.717, 1.165) is 16.9 Å². The van der Waals surface area contributed by atoms with Crippen LogP contribution in [0.25, 0.3) is 21.3 Å². The van der Waals surface area contributed by atoms with Crippen LogP contribution < -0.4 is 10.3 Å². The van der Waals surface area contributed by atoms with Gasteiger partial charge < -0.3 is 9.84 Å². The molecule has 0 amide bonds. The molecule has 6 nitrogen and oxygen atoms in total. The Balaban J connectivity index is 1.96. The smallest absolute Gasteiger partial charge is 0.331 e. The topological polar surface area (TPSA) is 81.4 Å². The largest absolute Gasteiger partial charge is 0.497 e. The summed E-state index contributed by atoms with van der Waals surface area (Å²) in [5.41, 5.74) is 1.73. The summed E-state index contributed by atoms with van der Waals surface area (Å²) < 4.78 is 6.46. The van der Waals surface area contributed by atoms with Gasteiger partial charge >= 0.3 is 5.97 Å². The van der Waals surface area contributed by atoms with Gasteiger partial charge in [0, 0.05) is 10.9 Å². The van der Waals surface area contributed by atoms with Crippen molar-refractivity contribution >= 4 is 27.5 Å². The molecule has 2 heterocycles. The van der Waals surface area contributed by atoms with Gasteiger partial charge in [-0.3, -0.25) is 9.36 Å². The van der Waals surface area contributed by atoms with Gasteiger partial charge in [0.25, 0.3) is 5.56 Å². The molecule has 0 aliphatic rings. The molecule has 0 aliphatic carbocycles. The van der Waals surface area contributed by atoms with Gasteiger partial charge in [-0.05, 0) is 30.2 Å². The van der Waals surface area contributed by atoms with Crippen molar-refractivity contribution in [3.8, 4) is 16.9 Å². The molecular weight excluding hydrogens is 388 g/mol. The van der Waals surface area contributed by atoms with E-state index in [0.29, 0.717) is 21.6 Å². The summed E-state index contributed by atoms with van der Waals surface area (Å²) in [6.45, 7) is 1.66. The first-order valence-electron chi connectivity index (χ1n) is 8.93. The van der Waals surface area contributed by atoms with E-state index in [1.165, 1.54) is 15.9 Å². The van der Waals surface area contributed by atoms with E-state index in [4.69, 9.17) is 4.74 Å². The predicted octanol–water partition coefficient (Wildman–Crippen LogP) is 4.12. The molecule has 4 rings (SSSR count). The quantitative estimate of drug-likeness (QED) is 0.539. The van der Waals surface area contributed by atoms with E-state index in [9.17, 15) is 14.7 Å². The zero-order chi connectivity index (χ0) is 20.5. The minimum atomic E-state index is -1.15. The van der Waals surface area contributed by atoms with Crippen LogP contribution in [-0.2, 0) is 4.79 Å². The number of aryl methyl sites for hydroxylation is 1. The predicted molar refractivity (Wildman–Crippen MR) is 113 cm³/mol. The molecule has 2 aromatic heterocycles. The van der Waals surface area contributed by atoms with Crippen LogP contribution in [0.4, 0.5) is 0 Å². The molecule has 1 unspecified atom stereocenters. The van der Waals surface area contributed by atoms with Crippen LogP contribution >= 0.6 is 11.3 Å². The van der Waals surface area contributed by atoms with Gasteiger partial charge in [0.2, 0.25) is 0 Å². The Morgan fingerprint density at radius 2 is 1.83 bits per heavy atom. The molecule has 0 spiro atoms. The molecule has 0 radical (unpaired) electrons. The number of carbonyl (C=O) groups is 1. The molecule has 0 fully saturated rings. The fraction of sp³-hybridized carbons (Fsp3) is 0.136. The van der Waals surface area contributed by atoms with Crippen molar-refractivity contribution in [1.29, 1.82) is 0 Å². The highest BCUT2D eigenvalue weighted by Crippen LogP contribution is 2.32. The number of nitrogens with zero attached hydrogens (tertiary/aromatic N) is 2. The second-order valence-electron chi connectivity index (χ2n) is 6.54. The van der Waals surface area contributed by atoms with Crippen LogP contribution in [0.2, 0.25) is 0 Å². The lowest BCUT2D eigenvalue weighted by molar-refractivity contribution is -0.139. The number of fused-ring (bicyclic) bond motifs is 1. The highest BCUT2D eigenvalue weighted by atomic mass is 32.1. The number of methoxy groups -OCH3 is 1. The number of hydrogen-bond acceptors (Lipinski definition) is 5. The van der Waals surface area contributed by atoms with E-state index in [1.807, 2.05) is 29.6 Å². The van der Waals surface area contributed by atoms with Crippen LogP contribution in [0, 0.1) is 6.92 Å². The zero-order valence-corrected chi connectivity index (χ0v) is 16.6. The standard InChI is InChI=1S/C22H18N2O4S/c1-13-23-20-18(17(12-29-20)14-8-10-16(28-2)11-9-14)21(25)24(13)19(22(26)27)15-6-4-3-5-7-15/h3-12,19H,1-2H3,(H,26,27). The SMILES string of the molecule is COc1ccc(-c2csc3nc(C)n(C(C(=O)O)c4ccccc4)c(=O)c23)cc1. The third-order valence-electron chi connectivity index (χ3n) is 4.82. The third-order valence-corrected chi connectivity index (χ3v) is 5.70. The number of benzene rings is 2. The van der Waals surface area contributed by atoms with Crippen LogP contribution in [0.5, 0.6) is 5.75 Å². The summed E-state index contributed by atoms with van der Waals surface area (Å²) >= 11 is 1.37. The summed E-state index contributed by atoms with van der Waals surface area (Å²) in [5, 5.41) is 12.2. The summed E-state index contributed by atoms with van der Waals surface area (Å²) in [5.74, 6) is -0.0275. The number of thiophene rings is 1. The maximum absolute atomic E-state index is 13.5. The maximum Gasteiger partial charge on any atom is 0.331 e. The maximum atomic E-state index is 13.5. The van der Waals surface area contributed by atoms with Gasteiger partial charge in [-0.2, -0.15) is 0 Å². The molecule has 0 aliphatic heterocycles.